The van der Waals surface area contributed by atoms with Gasteiger partial charge in [0.2, 0.25) is 0 Å². The lowest BCUT2D eigenvalue weighted by Gasteiger charge is -2.09. The van der Waals surface area contributed by atoms with E-state index >= 15 is 0 Å². The lowest BCUT2D eigenvalue weighted by Crippen LogP contribution is -2.01. The van der Waals surface area contributed by atoms with E-state index in [2.05, 4.69) is 4.98 Å². The van der Waals surface area contributed by atoms with E-state index in [9.17, 15) is 0 Å². The summed E-state index contributed by atoms with van der Waals surface area (Å²) in [7, 11) is 0.652. The van der Waals surface area contributed by atoms with Crippen LogP contribution in [0, 0.1) is 0 Å². The van der Waals surface area contributed by atoms with Crippen LogP contribution in [0.2, 0.25) is 0 Å². The van der Waals surface area contributed by atoms with Crippen LogP contribution in [-0.2, 0) is 0 Å². The quantitative estimate of drug-likeness (QED) is 0.389. The van der Waals surface area contributed by atoms with Gasteiger partial charge in [-0.2, -0.15) is 0 Å². The van der Waals surface area contributed by atoms with Gasteiger partial charge in [0.05, 0.1) is 0 Å². The maximum absolute atomic E-state index is 8.84. The smallest absolute Gasteiger partial charge is 0.537 e. The van der Waals surface area contributed by atoms with Crippen molar-refractivity contribution in [1.29, 1.82) is 0 Å². The molecule has 6 nitrogen and oxygen atoms in total. The number of nitrogens with zero attached hydrogens (tertiary/aromatic N) is 4. The number of aromatic nitrogens is 4. The van der Waals surface area contributed by atoms with Gasteiger partial charge in [-0.05, 0) is 47.5 Å². The summed E-state index contributed by atoms with van der Waals surface area (Å²) in [4.78, 5) is 18.3. The van der Waals surface area contributed by atoms with E-state index in [0.717, 1.165) is 27.8 Å². The Bertz CT molecular complexity index is 1350. The summed E-state index contributed by atoms with van der Waals surface area (Å²) in [5.74, 6) is 2.25. The third-order valence-corrected chi connectivity index (χ3v) is 5.13. The Kier molecular flexibility index (Phi) is 5.86. The zero-order valence-electron chi connectivity index (χ0n) is 17.5. The van der Waals surface area contributed by atoms with Gasteiger partial charge in [0.1, 0.15) is 5.75 Å². The molecule has 1 N–H and O–H groups in total. The summed E-state index contributed by atoms with van der Waals surface area (Å²) in [5, 5.41) is 8.84. The first-order valence-electron chi connectivity index (χ1n) is 10.4. The predicted molar refractivity (Wildman–Crippen MR) is 128 cm³/mol. The predicted octanol–water partition coefficient (Wildman–Crippen LogP) is 4.84. The molecule has 0 bridgehead atoms. The number of hydrogen-bond acceptors (Lipinski definition) is 6. The first-order valence-corrected chi connectivity index (χ1v) is 10.4. The second kappa shape index (κ2) is 9.42. The van der Waals surface area contributed by atoms with Crippen molar-refractivity contribution in [3.8, 4) is 51.0 Å². The number of hydrogen-bond donors (Lipinski definition) is 1. The van der Waals surface area contributed by atoms with E-state index in [1.165, 1.54) is 0 Å². The largest absolute Gasteiger partial charge is 0.569 e. The summed E-state index contributed by atoms with van der Waals surface area (Å²) in [6.45, 7) is 0. The Morgan fingerprint density at radius 1 is 0.515 bits per heavy atom. The van der Waals surface area contributed by atoms with Crippen molar-refractivity contribution in [1.82, 2.24) is 19.9 Å². The Morgan fingerprint density at radius 2 is 0.970 bits per heavy atom. The van der Waals surface area contributed by atoms with Crippen LogP contribution < -0.4 is 4.65 Å². The first-order chi connectivity index (χ1) is 16.3. The molecule has 0 fully saturated rings. The van der Waals surface area contributed by atoms with E-state index in [0.29, 0.717) is 30.9 Å². The van der Waals surface area contributed by atoms with Crippen LogP contribution >= 0.6 is 0 Å². The van der Waals surface area contributed by atoms with Gasteiger partial charge in [-0.3, -0.25) is 4.98 Å². The van der Waals surface area contributed by atoms with Crippen molar-refractivity contribution in [2.45, 2.75) is 0 Å². The second-order valence-corrected chi connectivity index (χ2v) is 7.23. The van der Waals surface area contributed by atoms with E-state index in [4.69, 9.17) is 24.6 Å². The molecule has 5 aromatic rings. The van der Waals surface area contributed by atoms with Crippen molar-refractivity contribution in [2.75, 3.05) is 0 Å². The van der Waals surface area contributed by atoms with Crippen LogP contribution in [0.5, 0.6) is 5.75 Å². The molecular formula is C26H18BN4O2. The lowest BCUT2D eigenvalue weighted by atomic mass is 10.0. The highest BCUT2D eigenvalue weighted by Gasteiger charge is 2.12. The highest BCUT2D eigenvalue weighted by Crippen LogP contribution is 2.27. The zero-order valence-corrected chi connectivity index (χ0v) is 17.5. The van der Waals surface area contributed by atoms with Gasteiger partial charge in [-0.1, -0.05) is 54.6 Å². The van der Waals surface area contributed by atoms with E-state index in [1.54, 1.807) is 24.5 Å². The van der Waals surface area contributed by atoms with Gasteiger partial charge < -0.3 is 9.68 Å². The molecule has 0 aliphatic heterocycles. The summed E-state index contributed by atoms with van der Waals surface area (Å²) >= 11 is 0. The van der Waals surface area contributed by atoms with Gasteiger partial charge in [-0.25, -0.2) is 15.0 Å². The molecule has 33 heavy (non-hydrogen) atoms. The van der Waals surface area contributed by atoms with Gasteiger partial charge in [-0.15, -0.1) is 0 Å². The Hall–Kier alpha value is -4.36. The summed E-state index contributed by atoms with van der Waals surface area (Å²) in [5.41, 5.74) is 4.80. The van der Waals surface area contributed by atoms with Crippen LogP contribution in [0.1, 0.15) is 0 Å². The third kappa shape index (κ3) is 4.63. The molecular weight excluding hydrogens is 411 g/mol. The topological polar surface area (TPSA) is 81.0 Å². The molecule has 7 heteroatoms. The molecule has 2 heterocycles. The molecule has 1 radical (unpaired) electrons. The normalized spacial score (nSPS) is 10.6. The third-order valence-electron chi connectivity index (χ3n) is 5.13. The zero-order chi connectivity index (χ0) is 22.5. The highest BCUT2D eigenvalue weighted by molar-refractivity contribution is 6.17. The van der Waals surface area contributed by atoms with Crippen LogP contribution in [0.25, 0.3) is 45.3 Å². The molecule has 0 atom stereocenters. The average Bonchev–Trinajstić information content (AvgIpc) is 2.90. The Balaban J connectivity index is 1.57. The van der Waals surface area contributed by atoms with Crippen molar-refractivity contribution >= 4 is 7.69 Å². The summed E-state index contributed by atoms with van der Waals surface area (Å²) in [6, 6.07) is 29.1. The Morgan fingerprint density at radius 3 is 1.52 bits per heavy atom. The molecule has 157 valence electrons. The molecule has 3 aromatic carbocycles. The van der Waals surface area contributed by atoms with Gasteiger partial charge in [0.25, 0.3) is 0 Å². The monoisotopic (exact) mass is 429 g/mol. The SMILES string of the molecule is O[B]Oc1ccc(-c2nc(-c3ccccc3)nc(-c3ccc(-c4ccncc4)cc3)n2)cc1. The Labute approximate surface area is 192 Å². The summed E-state index contributed by atoms with van der Waals surface area (Å²) in [6.07, 6.45) is 3.56. The lowest BCUT2D eigenvalue weighted by molar-refractivity contribution is 0.454. The molecule has 0 spiro atoms. The maximum atomic E-state index is 8.84. The van der Waals surface area contributed by atoms with Crippen molar-refractivity contribution in [2.24, 2.45) is 0 Å². The van der Waals surface area contributed by atoms with Gasteiger partial charge >= 0.3 is 7.69 Å². The molecule has 0 unspecified atom stereocenters. The number of rotatable bonds is 6. The van der Waals surface area contributed by atoms with Crippen LogP contribution in [0.15, 0.2) is 103 Å². The minimum Gasteiger partial charge on any atom is -0.537 e. The maximum Gasteiger partial charge on any atom is 0.569 e. The molecule has 0 aliphatic rings. The minimum absolute atomic E-state index is 0.519. The number of benzene rings is 3. The van der Waals surface area contributed by atoms with E-state index in [1.807, 2.05) is 78.9 Å². The standard InChI is InChI=1S/C26H18BN4O2/c32-27-33-23-12-10-22(11-13-23)26-30-24(20-4-2-1-3-5-20)29-25(31-26)21-8-6-18(7-9-21)19-14-16-28-17-15-19/h1-17,32H. The van der Waals surface area contributed by atoms with Crippen LogP contribution in [0.4, 0.5) is 0 Å². The van der Waals surface area contributed by atoms with Crippen molar-refractivity contribution < 1.29 is 9.68 Å². The average molecular weight is 429 g/mol. The molecule has 2 aromatic heterocycles. The fraction of sp³-hybridized carbons (Fsp3) is 0. The molecule has 0 saturated heterocycles. The second-order valence-electron chi connectivity index (χ2n) is 7.23. The minimum atomic E-state index is 0.519. The highest BCUT2D eigenvalue weighted by atomic mass is 16.5. The molecule has 0 amide bonds. The van der Waals surface area contributed by atoms with E-state index < -0.39 is 0 Å². The van der Waals surface area contributed by atoms with Gasteiger partial charge in [0, 0.05) is 29.1 Å². The van der Waals surface area contributed by atoms with Crippen molar-refractivity contribution in [3.63, 3.8) is 0 Å². The molecule has 0 saturated carbocycles. The van der Waals surface area contributed by atoms with Gasteiger partial charge in [0.15, 0.2) is 17.5 Å². The summed E-state index contributed by atoms with van der Waals surface area (Å²) < 4.78 is 5.00. The fourth-order valence-corrected chi connectivity index (χ4v) is 3.45. The molecule has 5 rings (SSSR count). The first kappa shape index (κ1) is 20.5. The molecule has 0 aliphatic carbocycles. The van der Waals surface area contributed by atoms with E-state index in [-0.39, 0.29) is 0 Å². The van der Waals surface area contributed by atoms with Crippen molar-refractivity contribution in [3.05, 3.63) is 103 Å². The fourth-order valence-electron chi connectivity index (χ4n) is 3.45. The van der Waals surface area contributed by atoms with Crippen LogP contribution in [0.3, 0.4) is 0 Å². The van der Waals surface area contributed by atoms with Crippen LogP contribution in [-0.4, -0.2) is 32.6 Å². The number of pyridine rings is 1.